The van der Waals surface area contributed by atoms with Gasteiger partial charge in [-0.1, -0.05) is 17.7 Å². The van der Waals surface area contributed by atoms with Crippen molar-refractivity contribution in [2.45, 2.75) is 19.3 Å². The Balaban J connectivity index is 1.27. The number of halogens is 1. The molecule has 1 amide bonds. The number of aromatic nitrogens is 1. The van der Waals surface area contributed by atoms with Crippen molar-refractivity contribution in [1.82, 2.24) is 9.88 Å². The van der Waals surface area contributed by atoms with Crippen LogP contribution in [0.3, 0.4) is 0 Å². The van der Waals surface area contributed by atoms with Crippen molar-refractivity contribution in [1.29, 1.82) is 0 Å². The molecular weight excluding hydrogens is 350 g/mol. The van der Waals surface area contributed by atoms with Crippen LogP contribution >= 0.6 is 11.6 Å². The lowest BCUT2D eigenvalue weighted by Gasteiger charge is -2.35. The molecule has 0 unspecified atom stereocenters. The molecule has 5 nitrogen and oxygen atoms in total. The molecular formula is C20H22ClN3O2. The van der Waals surface area contributed by atoms with Gasteiger partial charge in [-0.05, 0) is 54.7 Å². The Morgan fingerprint density at radius 1 is 1.08 bits per heavy atom. The molecule has 1 saturated heterocycles. The molecule has 1 aromatic carbocycles. The van der Waals surface area contributed by atoms with Crippen molar-refractivity contribution in [3.05, 3.63) is 52.7 Å². The van der Waals surface area contributed by atoms with Gasteiger partial charge in [0.25, 0.3) is 5.91 Å². The first-order valence-electron chi connectivity index (χ1n) is 9.08. The fraction of sp³-hybridized carbons (Fsp3) is 0.400. The molecule has 2 aliphatic rings. The molecule has 1 aromatic heterocycles. The van der Waals surface area contributed by atoms with Crippen LogP contribution in [-0.4, -0.2) is 48.6 Å². The second-order valence-corrected chi connectivity index (χ2v) is 7.21. The number of carbonyl (C=O) groups is 1. The summed E-state index contributed by atoms with van der Waals surface area (Å²) in [5.41, 5.74) is 2.77. The Hall–Kier alpha value is -2.27. The zero-order valence-corrected chi connectivity index (χ0v) is 15.4. The van der Waals surface area contributed by atoms with E-state index in [1.807, 2.05) is 23.1 Å². The second kappa shape index (κ2) is 7.54. The van der Waals surface area contributed by atoms with Crippen molar-refractivity contribution < 1.29 is 9.53 Å². The summed E-state index contributed by atoms with van der Waals surface area (Å²) in [7, 11) is 0. The molecule has 4 rings (SSSR count). The number of hydrogen-bond acceptors (Lipinski definition) is 4. The number of ether oxygens (including phenoxy) is 1. The zero-order valence-electron chi connectivity index (χ0n) is 14.7. The third-order valence-corrected chi connectivity index (χ3v) is 5.32. The highest BCUT2D eigenvalue weighted by Gasteiger charge is 2.22. The van der Waals surface area contributed by atoms with Crippen LogP contribution in [0.15, 0.2) is 36.5 Å². The number of anilines is 1. The van der Waals surface area contributed by atoms with E-state index < -0.39 is 0 Å². The van der Waals surface area contributed by atoms with E-state index in [1.165, 1.54) is 17.5 Å². The van der Waals surface area contributed by atoms with Crippen LogP contribution in [-0.2, 0) is 17.6 Å². The summed E-state index contributed by atoms with van der Waals surface area (Å²) in [6.07, 6.45) is 5.13. The summed E-state index contributed by atoms with van der Waals surface area (Å²) < 4.78 is 5.74. The smallest absolute Gasteiger partial charge is 0.260 e. The van der Waals surface area contributed by atoms with Gasteiger partial charge in [0.05, 0.1) is 5.02 Å². The predicted molar refractivity (Wildman–Crippen MR) is 102 cm³/mol. The molecule has 26 heavy (non-hydrogen) atoms. The lowest BCUT2D eigenvalue weighted by molar-refractivity contribution is -0.133. The van der Waals surface area contributed by atoms with Crippen LogP contribution in [0.1, 0.15) is 17.5 Å². The third kappa shape index (κ3) is 3.78. The van der Waals surface area contributed by atoms with E-state index in [9.17, 15) is 4.79 Å². The van der Waals surface area contributed by atoms with Gasteiger partial charge in [-0.3, -0.25) is 4.79 Å². The molecule has 0 bridgehead atoms. The quantitative estimate of drug-likeness (QED) is 0.829. The predicted octanol–water partition coefficient (Wildman–Crippen LogP) is 2.95. The average Bonchev–Trinajstić information content (AvgIpc) is 3.15. The maximum Gasteiger partial charge on any atom is 0.260 e. The van der Waals surface area contributed by atoms with E-state index in [2.05, 4.69) is 22.0 Å². The maximum absolute atomic E-state index is 12.4. The van der Waals surface area contributed by atoms with E-state index in [-0.39, 0.29) is 12.5 Å². The standard InChI is InChI=1S/C20H22ClN3O2/c21-17-5-7-19(22-13-17)23-8-10-24(11-9-23)20(25)14-26-18-6-4-15-2-1-3-16(15)12-18/h4-7,12-13H,1-3,8-11,14H2. The van der Waals surface area contributed by atoms with Crippen molar-refractivity contribution in [3.8, 4) is 5.75 Å². The Morgan fingerprint density at radius 3 is 2.65 bits per heavy atom. The third-order valence-electron chi connectivity index (χ3n) is 5.10. The van der Waals surface area contributed by atoms with E-state index in [0.717, 1.165) is 37.5 Å². The number of rotatable bonds is 4. The molecule has 0 spiro atoms. The average molecular weight is 372 g/mol. The summed E-state index contributed by atoms with van der Waals surface area (Å²) in [6, 6.07) is 9.93. The van der Waals surface area contributed by atoms with Gasteiger partial charge >= 0.3 is 0 Å². The first kappa shape index (κ1) is 17.2. The molecule has 0 saturated carbocycles. The summed E-state index contributed by atoms with van der Waals surface area (Å²) >= 11 is 5.88. The molecule has 1 aliphatic carbocycles. The summed E-state index contributed by atoms with van der Waals surface area (Å²) in [5.74, 6) is 1.73. The van der Waals surface area contributed by atoms with E-state index in [0.29, 0.717) is 18.1 Å². The number of pyridine rings is 1. The number of fused-ring (bicyclic) bond motifs is 1. The van der Waals surface area contributed by atoms with Crippen LogP contribution in [0.5, 0.6) is 5.75 Å². The molecule has 1 aliphatic heterocycles. The van der Waals surface area contributed by atoms with Crippen molar-refractivity contribution >= 4 is 23.3 Å². The highest BCUT2D eigenvalue weighted by Crippen LogP contribution is 2.26. The Kier molecular flexibility index (Phi) is 4.98. The van der Waals surface area contributed by atoms with Gasteiger partial charge in [0.15, 0.2) is 6.61 Å². The van der Waals surface area contributed by atoms with E-state index in [1.54, 1.807) is 6.20 Å². The summed E-state index contributed by atoms with van der Waals surface area (Å²) in [5, 5.41) is 0.631. The summed E-state index contributed by atoms with van der Waals surface area (Å²) in [4.78, 5) is 20.8. The van der Waals surface area contributed by atoms with E-state index >= 15 is 0 Å². The normalized spacial score (nSPS) is 16.5. The first-order valence-corrected chi connectivity index (χ1v) is 9.46. The Morgan fingerprint density at radius 2 is 1.88 bits per heavy atom. The van der Waals surface area contributed by atoms with Crippen molar-refractivity contribution in [2.24, 2.45) is 0 Å². The maximum atomic E-state index is 12.4. The van der Waals surface area contributed by atoms with Gasteiger partial charge in [-0.15, -0.1) is 0 Å². The first-order chi connectivity index (χ1) is 12.7. The van der Waals surface area contributed by atoms with Crippen molar-refractivity contribution in [2.75, 3.05) is 37.7 Å². The highest BCUT2D eigenvalue weighted by molar-refractivity contribution is 6.30. The topological polar surface area (TPSA) is 45.7 Å². The molecule has 6 heteroatoms. The lowest BCUT2D eigenvalue weighted by atomic mass is 10.1. The van der Waals surface area contributed by atoms with Crippen LogP contribution in [0.2, 0.25) is 5.02 Å². The van der Waals surface area contributed by atoms with Gasteiger partial charge in [0.2, 0.25) is 0 Å². The minimum absolute atomic E-state index is 0.0363. The van der Waals surface area contributed by atoms with Crippen LogP contribution in [0.25, 0.3) is 0 Å². The number of nitrogens with zero attached hydrogens (tertiary/aromatic N) is 3. The molecule has 1 fully saturated rings. The number of benzene rings is 1. The largest absolute Gasteiger partial charge is 0.484 e. The molecule has 0 N–H and O–H groups in total. The van der Waals surface area contributed by atoms with Crippen molar-refractivity contribution in [3.63, 3.8) is 0 Å². The van der Waals surface area contributed by atoms with Gasteiger partial charge < -0.3 is 14.5 Å². The Bertz CT molecular complexity index is 786. The van der Waals surface area contributed by atoms with Gasteiger partial charge in [0.1, 0.15) is 11.6 Å². The number of aryl methyl sites for hydroxylation is 2. The molecule has 2 aromatic rings. The second-order valence-electron chi connectivity index (χ2n) is 6.78. The molecule has 0 radical (unpaired) electrons. The zero-order chi connectivity index (χ0) is 17.9. The highest BCUT2D eigenvalue weighted by atomic mass is 35.5. The van der Waals surface area contributed by atoms with Gasteiger partial charge in [-0.25, -0.2) is 4.98 Å². The van der Waals surface area contributed by atoms with Gasteiger partial charge in [0, 0.05) is 32.4 Å². The SMILES string of the molecule is O=C(COc1ccc2c(c1)CCC2)N1CCN(c2ccc(Cl)cn2)CC1. The van der Waals surface area contributed by atoms with Gasteiger partial charge in [-0.2, -0.15) is 0 Å². The number of piperazine rings is 1. The van der Waals surface area contributed by atoms with Crippen LogP contribution in [0.4, 0.5) is 5.82 Å². The molecule has 136 valence electrons. The monoisotopic (exact) mass is 371 g/mol. The summed E-state index contributed by atoms with van der Waals surface area (Å²) in [6.45, 7) is 2.98. The lowest BCUT2D eigenvalue weighted by Crippen LogP contribution is -2.50. The Labute approximate surface area is 158 Å². The molecule has 2 heterocycles. The van der Waals surface area contributed by atoms with E-state index in [4.69, 9.17) is 16.3 Å². The van der Waals surface area contributed by atoms with Crippen LogP contribution < -0.4 is 9.64 Å². The molecule has 0 atom stereocenters. The fourth-order valence-electron chi connectivity index (χ4n) is 3.61. The van der Waals surface area contributed by atoms with Crippen LogP contribution in [0, 0.1) is 0 Å². The fourth-order valence-corrected chi connectivity index (χ4v) is 3.73. The minimum atomic E-state index is 0.0363. The number of hydrogen-bond donors (Lipinski definition) is 0. The minimum Gasteiger partial charge on any atom is -0.484 e. The number of carbonyl (C=O) groups excluding carboxylic acids is 1. The number of amides is 1.